The van der Waals surface area contributed by atoms with Crippen LogP contribution in [0.5, 0.6) is 11.5 Å². The van der Waals surface area contributed by atoms with Gasteiger partial charge in [-0.3, -0.25) is 19.2 Å². The van der Waals surface area contributed by atoms with Gasteiger partial charge in [0.15, 0.2) is 0 Å². The fraction of sp³-hybridized carbons (Fsp3) is 0.310. The zero-order chi connectivity index (χ0) is 26.1. The summed E-state index contributed by atoms with van der Waals surface area (Å²) in [7, 11) is 0. The van der Waals surface area contributed by atoms with Gasteiger partial charge in [-0.05, 0) is 43.3 Å². The van der Waals surface area contributed by atoms with E-state index in [9.17, 15) is 19.2 Å². The molecule has 6 aliphatic heterocycles. The van der Waals surface area contributed by atoms with E-state index in [1.165, 1.54) is 4.90 Å². The Hall–Kier alpha value is -4.08. The van der Waals surface area contributed by atoms with Crippen molar-refractivity contribution in [2.45, 2.75) is 31.3 Å². The molecule has 0 saturated carbocycles. The number of rotatable bonds is 3. The summed E-state index contributed by atoms with van der Waals surface area (Å²) in [6.45, 7) is 2.02. The summed E-state index contributed by atoms with van der Waals surface area (Å²) in [6.07, 6.45) is 6.44. The molecule has 0 radical (unpaired) electrons. The Bertz CT molecular complexity index is 1350. The molecule has 0 aliphatic carbocycles. The lowest BCUT2D eigenvalue weighted by atomic mass is 9.85. The third-order valence-electron chi connectivity index (χ3n) is 7.91. The molecule has 4 saturated heterocycles. The second-order valence-corrected chi connectivity index (χ2v) is 10.2. The maximum Gasteiger partial charge on any atom is 0.320 e. The highest BCUT2D eigenvalue weighted by molar-refractivity contribution is 6.23. The molecule has 6 aliphatic rings. The van der Waals surface area contributed by atoms with E-state index in [0.717, 1.165) is 11.3 Å². The van der Waals surface area contributed by atoms with Gasteiger partial charge in [-0.1, -0.05) is 42.0 Å². The van der Waals surface area contributed by atoms with Crippen LogP contribution in [0, 0.1) is 30.6 Å². The predicted octanol–water partition coefficient (Wildman–Crippen LogP) is 2.87. The predicted molar refractivity (Wildman–Crippen MR) is 131 cm³/mol. The molecule has 0 spiro atoms. The summed E-state index contributed by atoms with van der Waals surface area (Å²) in [4.78, 5) is 49.0. The Morgan fingerprint density at radius 1 is 0.605 bits per heavy atom. The second-order valence-electron chi connectivity index (χ2n) is 10.2. The minimum atomic E-state index is -0.429. The molecule has 8 rings (SSSR count). The maximum absolute atomic E-state index is 12.8. The van der Waals surface area contributed by atoms with Crippen LogP contribution in [0.15, 0.2) is 72.8 Å². The largest absolute Gasteiger partial charge is 0.457 e. The molecular formula is C29H23NO8. The van der Waals surface area contributed by atoms with Crippen molar-refractivity contribution < 1.29 is 38.1 Å². The molecular weight excluding hydrogens is 490 g/mol. The fourth-order valence-corrected chi connectivity index (χ4v) is 6.07. The molecule has 9 heteroatoms. The normalized spacial score (nSPS) is 34.9. The van der Waals surface area contributed by atoms with Crippen LogP contribution in [-0.2, 0) is 33.4 Å². The average Bonchev–Trinajstić information content (AvgIpc) is 3.75. The first-order valence-corrected chi connectivity index (χ1v) is 12.5. The molecule has 2 aromatic carbocycles. The van der Waals surface area contributed by atoms with Crippen LogP contribution in [-0.4, -0.2) is 48.2 Å². The average molecular weight is 514 g/mol. The third kappa shape index (κ3) is 3.46. The number of aryl methyl sites for hydroxylation is 1. The number of anilines is 1. The molecule has 4 fully saturated rings. The Labute approximate surface area is 217 Å². The first kappa shape index (κ1) is 23.1. The number of amides is 2. The minimum absolute atomic E-state index is 0.177. The van der Waals surface area contributed by atoms with Crippen molar-refractivity contribution in [3.05, 3.63) is 78.4 Å². The molecule has 4 bridgehead atoms. The fourth-order valence-electron chi connectivity index (χ4n) is 6.07. The van der Waals surface area contributed by atoms with Crippen molar-refractivity contribution in [1.29, 1.82) is 0 Å². The van der Waals surface area contributed by atoms with Crippen LogP contribution in [0.2, 0.25) is 0 Å². The van der Waals surface area contributed by atoms with Gasteiger partial charge < -0.3 is 18.9 Å². The van der Waals surface area contributed by atoms with E-state index < -0.39 is 11.9 Å². The minimum Gasteiger partial charge on any atom is -0.457 e. The number of carbonyl (C=O) groups is 4. The molecule has 9 nitrogen and oxygen atoms in total. The first-order chi connectivity index (χ1) is 18.4. The lowest BCUT2D eigenvalue weighted by Gasteiger charge is -2.18. The van der Waals surface area contributed by atoms with Crippen molar-refractivity contribution in [2.24, 2.45) is 23.7 Å². The topological polar surface area (TPSA) is 108 Å². The summed E-state index contributed by atoms with van der Waals surface area (Å²) in [5.74, 6) is -1.33. The highest BCUT2D eigenvalue weighted by Gasteiger charge is 2.61. The summed E-state index contributed by atoms with van der Waals surface area (Å²) >= 11 is 0. The van der Waals surface area contributed by atoms with Gasteiger partial charge in [-0.15, -0.1) is 0 Å². The van der Waals surface area contributed by atoms with Gasteiger partial charge in [0.25, 0.3) is 0 Å². The molecule has 8 unspecified atom stereocenters. The number of fused-ring (bicyclic) bond motifs is 10. The number of esters is 2. The Morgan fingerprint density at radius 3 is 1.50 bits per heavy atom. The smallest absolute Gasteiger partial charge is 0.320 e. The highest BCUT2D eigenvalue weighted by atomic mass is 16.6. The lowest BCUT2D eigenvalue weighted by molar-refractivity contribution is -0.156. The summed E-state index contributed by atoms with van der Waals surface area (Å²) in [5.41, 5.74) is 1.74. The number of cyclic esters (lactones) is 2. The van der Waals surface area contributed by atoms with E-state index in [2.05, 4.69) is 4.74 Å². The number of imide groups is 1. The van der Waals surface area contributed by atoms with Crippen LogP contribution >= 0.6 is 0 Å². The zero-order valence-electron chi connectivity index (χ0n) is 20.3. The molecule has 38 heavy (non-hydrogen) atoms. The van der Waals surface area contributed by atoms with E-state index in [1.807, 2.05) is 55.5 Å². The van der Waals surface area contributed by atoms with Gasteiger partial charge in [0.05, 0.1) is 41.9 Å². The van der Waals surface area contributed by atoms with Crippen molar-refractivity contribution in [1.82, 2.24) is 0 Å². The molecule has 8 atom stereocenters. The molecule has 2 amide bonds. The van der Waals surface area contributed by atoms with Crippen molar-refractivity contribution in [3.8, 4) is 11.5 Å². The number of benzene rings is 2. The van der Waals surface area contributed by atoms with Crippen LogP contribution in [0.1, 0.15) is 5.56 Å². The lowest BCUT2D eigenvalue weighted by Crippen LogP contribution is -2.34. The van der Waals surface area contributed by atoms with Gasteiger partial charge in [-0.25, -0.2) is 4.90 Å². The summed E-state index contributed by atoms with van der Waals surface area (Å²) in [6, 6.07) is 14.8. The van der Waals surface area contributed by atoms with Crippen LogP contribution in [0.25, 0.3) is 0 Å². The van der Waals surface area contributed by atoms with E-state index in [-0.39, 0.29) is 59.9 Å². The van der Waals surface area contributed by atoms with Crippen molar-refractivity contribution >= 4 is 29.4 Å². The van der Waals surface area contributed by atoms with Crippen LogP contribution in [0.3, 0.4) is 0 Å². The molecule has 2 aromatic rings. The molecule has 6 heterocycles. The van der Waals surface area contributed by atoms with Crippen LogP contribution in [0.4, 0.5) is 5.69 Å². The van der Waals surface area contributed by atoms with Crippen molar-refractivity contribution in [3.63, 3.8) is 0 Å². The van der Waals surface area contributed by atoms with E-state index in [1.54, 1.807) is 24.3 Å². The van der Waals surface area contributed by atoms with Crippen LogP contribution < -0.4 is 9.64 Å². The quantitative estimate of drug-likeness (QED) is 0.267. The number of ether oxygens (including phenoxy) is 4. The zero-order valence-corrected chi connectivity index (χ0v) is 20.3. The number of hydrogen-bond donors (Lipinski definition) is 0. The third-order valence-corrected chi connectivity index (χ3v) is 7.91. The van der Waals surface area contributed by atoms with Gasteiger partial charge in [0, 0.05) is 0 Å². The first-order valence-electron chi connectivity index (χ1n) is 12.5. The number of hydrogen-bond acceptors (Lipinski definition) is 8. The van der Waals surface area contributed by atoms with Crippen molar-refractivity contribution in [2.75, 3.05) is 4.90 Å². The Kier molecular flexibility index (Phi) is 5.14. The highest BCUT2D eigenvalue weighted by Crippen LogP contribution is 2.46. The number of carbonyl (C=O) groups excluding carboxylic acids is 4. The SMILES string of the molecule is Cc1ccc(Oc2ccc(N3C(=O)C4C5C=CC(O5)C4C3=O)cc2)cc1.O=C1OC(=O)C2C3C=CC(O3)C12. The van der Waals surface area contributed by atoms with Gasteiger partial charge in [0.1, 0.15) is 23.3 Å². The summed E-state index contributed by atoms with van der Waals surface area (Å²) < 4.78 is 21.3. The van der Waals surface area contributed by atoms with Gasteiger partial charge in [0.2, 0.25) is 11.8 Å². The number of nitrogens with zero attached hydrogens (tertiary/aromatic N) is 1. The second kappa shape index (κ2) is 8.47. The van der Waals surface area contributed by atoms with E-state index in [0.29, 0.717) is 11.4 Å². The molecule has 0 N–H and O–H groups in total. The molecule has 0 aromatic heterocycles. The summed E-state index contributed by atoms with van der Waals surface area (Å²) in [5, 5.41) is 0. The maximum atomic E-state index is 12.8. The standard InChI is InChI=1S/C21H17NO4.C8H6O4/c1-12-2-6-14(7-3-12)25-15-8-4-13(5-9-15)22-20(23)18-16-10-11-17(26-16)19(18)21(22)24;9-7-5-3-1-2-4(11-3)6(5)8(10)12-7/h2-11,16-19H,1H3;1-6H. The van der Waals surface area contributed by atoms with E-state index in [4.69, 9.17) is 14.2 Å². The Morgan fingerprint density at radius 2 is 1.03 bits per heavy atom. The Balaban J connectivity index is 0.000000167. The van der Waals surface area contributed by atoms with Gasteiger partial charge >= 0.3 is 11.9 Å². The van der Waals surface area contributed by atoms with Gasteiger partial charge in [-0.2, -0.15) is 0 Å². The monoisotopic (exact) mass is 513 g/mol. The van der Waals surface area contributed by atoms with E-state index >= 15 is 0 Å². The molecule has 192 valence electrons.